The maximum Gasteiger partial charge on any atom is 0.120 e. The van der Waals surface area contributed by atoms with Gasteiger partial charge in [0.05, 0.1) is 5.54 Å². The number of nitrogens with one attached hydrogen (secondary N) is 1. The smallest absolute Gasteiger partial charge is 0.120 e. The van der Waals surface area contributed by atoms with Gasteiger partial charge in [0.15, 0.2) is 0 Å². The van der Waals surface area contributed by atoms with Crippen molar-refractivity contribution >= 4 is 0 Å². The van der Waals surface area contributed by atoms with Crippen molar-refractivity contribution in [2.24, 2.45) is 5.73 Å². The third-order valence-corrected chi connectivity index (χ3v) is 3.54. The zero-order valence-corrected chi connectivity index (χ0v) is 10.8. The van der Waals surface area contributed by atoms with Crippen LogP contribution in [-0.4, -0.2) is 13.1 Å². The average Bonchev–Trinajstić information content (AvgIpc) is 2.44. The molecule has 1 aliphatic heterocycles. The van der Waals surface area contributed by atoms with E-state index in [9.17, 15) is 0 Å². The molecule has 0 atom stereocenters. The van der Waals surface area contributed by atoms with Gasteiger partial charge in [0.2, 0.25) is 0 Å². The molecule has 0 aliphatic carbocycles. The minimum Gasteiger partial charge on any atom is -0.489 e. The van der Waals surface area contributed by atoms with Crippen molar-refractivity contribution < 1.29 is 4.74 Å². The summed E-state index contributed by atoms with van der Waals surface area (Å²) in [5.41, 5.74) is 8.36. The molecule has 3 rings (SSSR count). The normalized spacial score (nSPS) is 16.7. The fourth-order valence-corrected chi connectivity index (χ4v) is 2.23. The molecule has 1 saturated heterocycles. The minimum atomic E-state index is -0.230. The monoisotopic (exact) mass is 254 g/mol. The second kappa shape index (κ2) is 5.03. The third kappa shape index (κ3) is 2.62. The van der Waals surface area contributed by atoms with Crippen molar-refractivity contribution in [3.8, 4) is 5.75 Å². The molecule has 0 unspecified atom stereocenters. The van der Waals surface area contributed by atoms with Crippen LogP contribution in [0.15, 0.2) is 54.6 Å². The van der Waals surface area contributed by atoms with Crippen molar-refractivity contribution in [1.82, 2.24) is 5.32 Å². The van der Waals surface area contributed by atoms with Gasteiger partial charge < -0.3 is 15.8 Å². The second-order valence-corrected chi connectivity index (χ2v) is 5.06. The Hall–Kier alpha value is -1.84. The van der Waals surface area contributed by atoms with Crippen LogP contribution in [0.2, 0.25) is 0 Å². The van der Waals surface area contributed by atoms with Gasteiger partial charge in [-0.25, -0.2) is 0 Å². The number of benzene rings is 2. The van der Waals surface area contributed by atoms with Crippen LogP contribution in [0.5, 0.6) is 5.75 Å². The van der Waals surface area contributed by atoms with E-state index in [1.807, 2.05) is 36.4 Å². The van der Waals surface area contributed by atoms with Crippen LogP contribution in [-0.2, 0) is 12.1 Å². The zero-order chi connectivity index (χ0) is 13.1. The highest BCUT2D eigenvalue weighted by atomic mass is 16.5. The van der Waals surface area contributed by atoms with Crippen LogP contribution in [0.3, 0.4) is 0 Å². The van der Waals surface area contributed by atoms with E-state index in [0.29, 0.717) is 6.61 Å². The summed E-state index contributed by atoms with van der Waals surface area (Å²) in [4.78, 5) is 0. The average molecular weight is 254 g/mol. The molecule has 0 radical (unpaired) electrons. The van der Waals surface area contributed by atoms with Gasteiger partial charge in [-0.05, 0) is 23.3 Å². The molecule has 0 amide bonds. The molecule has 0 bridgehead atoms. The first-order chi connectivity index (χ1) is 9.26. The first-order valence-corrected chi connectivity index (χ1v) is 6.53. The SMILES string of the molecule is NC1(c2cccc(OCc3ccccc3)c2)CNC1. The first-order valence-electron chi connectivity index (χ1n) is 6.53. The van der Waals surface area contributed by atoms with Crippen LogP contribution in [0.4, 0.5) is 0 Å². The Balaban J connectivity index is 1.70. The lowest BCUT2D eigenvalue weighted by Gasteiger charge is -2.39. The van der Waals surface area contributed by atoms with Gasteiger partial charge in [-0.1, -0.05) is 42.5 Å². The second-order valence-electron chi connectivity index (χ2n) is 5.06. The number of ether oxygens (including phenoxy) is 1. The van der Waals surface area contributed by atoms with Crippen LogP contribution in [0, 0.1) is 0 Å². The van der Waals surface area contributed by atoms with E-state index in [0.717, 1.165) is 24.4 Å². The first kappa shape index (κ1) is 12.2. The van der Waals surface area contributed by atoms with E-state index >= 15 is 0 Å². The van der Waals surface area contributed by atoms with Gasteiger partial charge in [-0.3, -0.25) is 0 Å². The van der Waals surface area contributed by atoms with E-state index in [4.69, 9.17) is 10.5 Å². The fourth-order valence-electron chi connectivity index (χ4n) is 2.23. The fraction of sp³-hybridized carbons (Fsp3) is 0.250. The van der Waals surface area contributed by atoms with Crippen molar-refractivity contribution in [1.29, 1.82) is 0 Å². The van der Waals surface area contributed by atoms with Gasteiger partial charge in [0, 0.05) is 13.1 Å². The predicted molar refractivity (Wildman–Crippen MR) is 76.0 cm³/mol. The molecule has 1 fully saturated rings. The van der Waals surface area contributed by atoms with Gasteiger partial charge in [-0.15, -0.1) is 0 Å². The van der Waals surface area contributed by atoms with Crippen LogP contribution >= 0.6 is 0 Å². The van der Waals surface area contributed by atoms with Crippen LogP contribution in [0.25, 0.3) is 0 Å². The maximum absolute atomic E-state index is 6.28. The lowest BCUT2D eigenvalue weighted by Crippen LogP contribution is -2.62. The number of rotatable bonds is 4. The minimum absolute atomic E-state index is 0.230. The van der Waals surface area contributed by atoms with Gasteiger partial charge in [-0.2, -0.15) is 0 Å². The lowest BCUT2D eigenvalue weighted by atomic mass is 9.85. The highest BCUT2D eigenvalue weighted by molar-refractivity contribution is 5.35. The summed E-state index contributed by atoms with van der Waals surface area (Å²) in [7, 11) is 0. The lowest BCUT2D eigenvalue weighted by molar-refractivity contribution is 0.280. The Labute approximate surface area is 113 Å². The molecular weight excluding hydrogens is 236 g/mol. The van der Waals surface area contributed by atoms with E-state index in [2.05, 4.69) is 23.5 Å². The Bertz CT molecular complexity index is 550. The highest BCUT2D eigenvalue weighted by Gasteiger charge is 2.34. The molecule has 19 heavy (non-hydrogen) atoms. The Kier molecular flexibility index (Phi) is 3.23. The summed E-state index contributed by atoms with van der Waals surface area (Å²) in [5.74, 6) is 0.873. The van der Waals surface area contributed by atoms with Crippen LogP contribution < -0.4 is 15.8 Å². The molecule has 0 saturated carbocycles. The molecule has 3 heteroatoms. The summed E-state index contributed by atoms with van der Waals surface area (Å²) in [6.45, 7) is 2.24. The molecule has 2 aromatic carbocycles. The topological polar surface area (TPSA) is 47.3 Å². The van der Waals surface area contributed by atoms with Gasteiger partial charge >= 0.3 is 0 Å². The third-order valence-electron chi connectivity index (χ3n) is 3.54. The molecule has 1 heterocycles. The molecule has 98 valence electrons. The molecule has 0 spiro atoms. The number of hydrogen-bond acceptors (Lipinski definition) is 3. The van der Waals surface area contributed by atoms with E-state index in [1.54, 1.807) is 0 Å². The van der Waals surface area contributed by atoms with Crippen LogP contribution in [0.1, 0.15) is 11.1 Å². The van der Waals surface area contributed by atoms with E-state index < -0.39 is 0 Å². The van der Waals surface area contributed by atoms with E-state index in [-0.39, 0.29) is 5.54 Å². The summed E-state index contributed by atoms with van der Waals surface area (Å²) < 4.78 is 5.82. The number of hydrogen-bond donors (Lipinski definition) is 2. The Morgan fingerprint density at radius 1 is 1.05 bits per heavy atom. The Morgan fingerprint density at radius 3 is 2.53 bits per heavy atom. The van der Waals surface area contributed by atoms with Gasteiger partial charge in [0.25, 0.3) is 0 Å². The summed E-state index contributed by atoms with van der Waals surface area (Å²) in [5, 5.41) is 3.21. The highest BCUT2D eigenvalue weighted by Crippen LogP contribution is 2.26. The predicted octanol–water partition coefficient (Wildman–Crippen LogP) is 2.02. The molecule has 2 aromatic rings. The zero-order valence-electron chi connectivity index (χ0n) is 10.8. The maximum atomic E-state index is 6.28. The summed E-state index contributed by atoms with van der Waals surface area (Å²) >= 11 is 0. The molecular formula is C16H18N2O. The Morgan fingerprint density at radius 2 is 1.84 bits per heavy atom. The summed E-state index contributed by atoms with van der Waals surface area (Å²) in [6.07, 6.45) is 0. The molecule has 0 aromatic heterocycles. The van der Waals surface area contributed by atoms with Crippen molar-refractivity contribution in [3.63, 3.8) is 0 Å². The van der Waals surface area contributed by atoms with E-state index in [1.165, 1.54) is 5.56 Å². The molecule has 3 nitrogen and oxygen atoms in total. The van der Waals surface area contributed by atoms with Gasteiger partial charge in [0.1, 0.15) is 12.4 Å². The molecule has 1 aliphatic rings. The summed E-state index contributed by atoms with van der Waals surface area (Å²) in [6, 6.07) is 18.2. The van der Waals surface area contributed by atoms with Crippen molar-refractivity contribution in [3.05, 3.63) is 65.7 Å². The molecule has 3 N–H and O–H groups in total. The van der Waals surface area contributed by atoms with Crippen molar-refractivity contribution in [2.45, 2.75) is 12.1 Å². The standard InChI is InChI=1S/C16H18N2O/c17-16(11-18-12-16)14-7-4-8-15(9-14)19-10-13-5-2-1-3-6-13/h1-9,18H,10-12,17H2. The largest absolute Gasteiger partial charge is 0.489 e. The van der Waals surface area contributed by atoms with Crippen molar-refractivity contribution in [2.75, 3.05) is 13.1 Å². The quantitative estimate of drug-likeness (QED) is 0.877. The number of nitrogens with two attached hydrogens (primary N) is 1.